The Labute approximate surface area is 185 Å². The van der Waals surface area contributed by atoms with Gasteiger partial charge in [0.2, 0.25) is 0 Å². The van der Waals surface area contributed by atoms with Crippen LogP contribution in [0, 0.1) is 0 Å². The van der Waals surface area contributed by atoms with Crippen LogP contribution in [-0.4, -0.2) is 63.1 Å². The van der Waals surface area contributed by atoms with Gasteiger partial charge in [-0.2, -0.15) is 10.2 Å². The molecule has 2 aliphatic heterocycles. The van der Waals surface area contributed by atoms with Crippen LogP contribution in [0.1, 0.15) is 41.0 Å². The van der Waals surface area contributed by atoms with E-state index in [1.165, 1.54) is 0 Å². The Morgan fingerprint density at radius 3 is 3.09 bits per heavy atom. The Morgan fingerprint density at radius 1 is 1.25 bits per heavy atom. The average Bonchev–Trinajstić information content (AvgIpc) is 3.26. The van der Waals surface area contributed by atoms with Crippen molar-refractivity contribution in [3.63, 3.8) is 0 Å². The lowest BCUT2D eigenvalue weighted by atomic mass is 10.0. The van der Waals surface area contributed by atoms with Gasteiger partial charge in [0.25, 0.3) is 11.5 Å². The predicted octanol–water partition coefficient (Wildman–Crippen LogP) is 1.48. The summed E-state index contributed by atoms with van der Waals surface area (Å²) in [7, 11) is 0. The van der Waals surface area contributed by atoms with E-state index in [-0.39, 0.29) is 17.5 Å². The molecule has 5 rings (SSSR count). The number of nitrogens with one attached hydrogen (secondary N) is 2. The highest BCUT2D eigenvalue weighted by Gasteiger charge is 2.24. The lowest BCUT2D eigenvalue weighted by molar-refractivity contribution is 0.0904. The summed E-state index contributed by atoms with van der Waals surface area (Å²) < 4.78 is 6.99. The fraction of sp³-hybridized carbons (Fsp3) is 0.478. The van der Waals surface area contributed by atoms with Crippen molar-refractivity contribution in [3.05, 3.63) is 57.6 Å². The minimum absolute atomic E-state index is 0.0819. The van der Waals surface area contributed by atoms with Gasteiger partial charge in [0.05, 0.1) is 31.0 Å². The van der Waals surface area contributed by atoms with E-state index < -0.39 is 0 Å². The lowest BCUT2D eigenvalue weighted by Crippen LogP contribution is -2.48. The van der Waals surface area contributed by atoms with Gasteiger partial charge in [0.15, 0.2) is 5.69 Å². The monoisotopic (exact) mass is 436 g/mol. The number of aromatic amines is 1. The van der Waals surface area contributed by atoms with Crippen LogP contribution < -0.4 is 10.9 Å². The van der Waals surface area contributed by atoms with Gasteiger partial charge in [0, 0.05) is 42.6 Å². The Balaban J connectivity index is 1.22. The van der Waals surface area contributed by atoms with Gasteiger partial charge in [-0.05, 0) is 25.5 Å². The maximum absolute atomic E-state index is 12.8. The van der Waals surface area contributed by atoms with Crippen LogP contribution in [0.2, 0.25) is 0 Å². The van der Waals surface area contributed by atoms with Crippen LogP contribution in [0.5, 0.6) is 0 Å². The van der Waals surface area contributed by atoms with E-state index in [1.807, 2.05) is 24.3 Å². The number of carbonyl (C=O) groups excluding carboxylic acids is 1. The summed E-state index contributed by atoms with van der Waals surface area (Å²) in [5, 5.41) is 15.6. The highest BCUT2D eigenvalue weighted by Crippen LogP contribution is 2.18. The number of piperidine rings is 1. The summed E-state index contributed by atoms with van der Waals surface area (Å²) in [6.45, 7) is 3.91. The highest BCUT2D eigenvalue weighted by atomic mass is 16.5. The van der Waals surface area contributed by atoms with Crippen LogP contribution in [0.15, 0.2) is 35.1 Å². The van der Waals surface area contributed by atoms with Crippen LogP contribution >= 0.6 is 0 Å². The molecule has 1 atom stereocenters. The summed E-state index contributed by atoms with van der Waals surface area (Å²) in [4.78, 5) is 27.6. The maximum Gasteiger partial charge on any atom is 0.272 e. The predicted molar refractivity (Wildman–Crippen MR) is 119 cm³/mol. The number of H-pyrrole nitrogens is 1. The number of carbonyl (C=O) groups is 1. The Hall–Kier alpha value is -3.04. The first-order valence-electron chi connectivity index (χ1n) is 11.3. The molecule has 9 nitrogen and oxygen atoms in total. The molecule has 1 aromatic carbocycles. The molecule has 168 valence electrons. The van der Waals surface area contributed by atoms with E-state index in [0.717, 1.165) is 60.9 Å². The van der Waals surface area contributed by atoms with E-state index >= 15 is 0 Å². The Kier molecular flexibility index (Phi) is 6.00. The first-order valence-corrected chi connectivity index (χ1v) is 11.3. The third-order valence-electron chi connectivity index (χ3n) is 6.44. The van der Waals surface area contributed by atoms with Gasteiger partial charge in [-0.25, -0.2) is 4.68 Å². The molecule has 0 radical (unpaired) electrons. The molecule has 3 aromatic rings. The first kappa shape index (κ1) is 20.8. The van der Waals surface area contributed by atoms with Crippen molar-refractivity contribution in [2.45, 2.75) is 44.9 Å². The van der Waals surface area contributed by atoms with Gasteiger partial charge in [-0.3, -0.25) is 19.6 Å². The molecule has 1 unspecified atom stereocenters. The molecule has 1 saturated heterocycles. The Bertz CT molecular complexity index is 1170. The zero-order valence-corrected chi connectivity index (χ0v) is 18.0. The smallest absolute Gasteiger partial charge is 0.272 e. The van der Waals surface area contributed by atoms with Crippen LogP contribution in [0.4, 0.5) is 0 Å². The number of ether oxygens (including phenoxy) is 1. The number of hydrogen-bond acceptors (Lipinski definition) is 6. The number of aromatic nitrogens is 4. The third-order valence-corrected chi connectivity index (χ3v) is 6.44. The summed E-state index contributed by atoms with van der Waals surface area (Å²) in [6.07, 6.45) is 4.03. The molecule has 1 amide bonds. The molecular formula is C23H28N6O3. The first-order chi connectivity index (χ1) is 15.7. The van der Waals surface area contributed by atoms with Gasteiger partial charge >= 0.3 is 0 Å². The van der Waals surface area contributed by atoms with E-state index in [4.69, 9.17) is 4.74 Å². The number of nitrogens with zero attached hydrogens (tertiary/aromatic N) is 4. The summed E-state index contributed by atoms with van der Waals surface area (Å²) in [5.41, 5.74) is 3.07. The van der Waals surface area contributed by atoms with Crippen molar-refractivity contribution < 1.29 is 9.53 Å². The number of benzene rings is 1. The average molecular weight is 437 g/mol. The molecule has 2 aromatic heterocycles. The number of amides is 1. The van der Waals surface area contributed by atoms with E-state index in [0.29, 0.717) is 32.0 Å². The second kappa shape index (κ2) is 9.22. The van der Waals surface area contributed by atoms with Crippen molar-refractivity contribution in [2.75, 3.05) is 26.2 Å². The van der Waals surface area contributed by atoms with Crippen LogP contribution in [0.3, 0.4) is 0 Å². The molecule has 0 bridgehead atoms. The molecule has 0 spiro atoms. The summed E-state index contributed by atoms with van der Waals surface area (Å²) >= 11 is 0. The highest BCUT2D eigenvalue weighted by molar-refractivity contribution is 6.04. The fourth-order valence-electron chi connectivity index (χ4n) is 4.65. The molecule has 1 fully saturated rings. The molecule has 9 heteroatoms. The van der Waals surface area contributed by atoms with Crippen LogP contribution in [-0.2, 0) is 24.3 Å². The largest absolute Gasteiger partial charge is 0.376 e. The Morgan fingerprint density at radius 2 is 2.16 bits per heavy atom. The molecule has 2 N–H and O–H groups in total. The van der Waals surface area contributed by atoms with Crippen molar-refractivity contribution in [1.29, 1.82) is 0 Å². The van der Waals surface area contributed by atoms with E-state index in [9.17, 15) is 9.59 Å². The molecule has 0 aliphatic carbocycles. The number of likely N-dealkylation sites (tertiary alicyclic amines) is 1. The van der Waals surface area contributed by atoms with Crippen LogP contribution in [0.25, 0.3) is 10.9 Å². The maximum atomic E-state index is 12.8. The zero-order chi connectivity index (χ0) is 21.9. The lowest BCUT2D eigenvalue weighted by Gasteiger charge is -2.35. The normalized spacial score (nSPS) is 19.1. The van der Waals surface area contributed by atoms with Crippen molar-refractivity contribution in [1.82, 2.24) is 30.2 Å². The standard InChI is InChI=1S/C23H28N6O3/c30-21-13-16-15-32-12-8-19(16)27-29(21)11-10-28-9-4-3-5-17(28)14-24-23(31)22-18-6-1-2-7-20(18)25-26-22/h1-2,6-7,13,17H,3-5,8-12,14-15H2,(H,24,31)(H,25,26). The van der Waals surface area contributed by atoms with Gasteiger partial charge in [-0.1, -0.05) is 24.6 Å². The fourth-order valence-corrected chi connectivity index (χ4v) is 4.65. The zero-order valence-electron chi connectivity index (χ0n) is 18.0. The second-order valence-corrected chi connectivity index (χ2v) is 8.49. The van der Waals surface area contributed by atoms with E-state index in [1.54, 1.807) is 10.7 Å². The van der Waals surface area contributed by atoms with Crippen molar-refractivity contribution in [2.24, 2.45) is 0 Å². The molecule has 2 aliphatic rings. The number of hydrogen-bond donors (Lipinski definition) is 2. The number of fused-ring (bicyclic) bond motifs is 2. The second-order valence-electron chi connectivity index (χ2n) is 8.49. The van der Waals surface area contributed by atoms with Crippen molar-refractivity contribution >= 4 is 16.8 Å². The summed E-state index contributed by atoms with van der Waals surface area (Å²) in [6, 6.07) is 9.52. The molecular weight excluding hydrogens is 408 g/mol. The minimum Gasteiger partial charge on any atom is -0.376 e. The topological polar surface area (TPSA) is 105 Å². The SMILES string of the molecule is O=C(NCC1CCCCN1CCn1nc2c(cc1=O)COCC2)c1n[nH]c2ccccc12. The van der Waals surface area contributed by atoms with Gasteiger partial charge in [0.1, 0.15) is 0 Å². The minimum atomic E-state index is -0.164. The van der Waals surface area contributed by atoms with E-state index in [2.05, 4.69) is 25.5 Å². The molecule has 4 heterocycles. The quantitative estimate of drug-likeness (QED) is 0.606. The van der Waals surface area contributed by atoms with Gasteiger partial charge in [-0.15, -0.1) is 0 Å². The summed E-state index contributed by atoms with van der Waals surface area (Å²) in [5.74, 6) is -0.164. The third kappa shape index (κ3) is 4.31. The molecule has 32 heavy (non-hydrogen) atoms. The molecule has 0 saturated carbocycles. The van der Waals surface area contributed by atoms with Crippen molar-refractivity contribution in [3.8, 4) is 0 Å². The number of rotatable bonds is 6. The number of para-hydroxylation sites is 1. The van der Waals surface area contributed by atoms with Gasteiger partial charge < -0.3 is 10.1 Å².